The minimum absolute atomic E-state index is 0.0615. The number of hydrogen-bond acceptors (Lipinski definition) is 5. The molecule has 1 aliphatic rings. The number of para-hydroxylation sites is 1. The summed E-state index contributed by atoms with van der Waals surface area (Å²) in [4.78, 5) is 28.7. The Kier molecular flexibility index (Phi) is 7.92. The third kappa shape index (κ3) is 6.25. The lowest BCUT2D eigenvalue weighted by Crippen LogP contribution is -2.49. The van der Waals surface area contributed by atoms with Gasteiger partial charge in [-0.05, 0) is 36.4 Å². The second kappa shape index (κ2) is 11.1. The Hall–Kier alpha value is -3.48. The third-order valence-corrected chi connectivity index (χ3v) is 5.24. The summed E-state index contributed by atoms with van der Waals surface area (Å²) >= 11 is 0. The van der Waals surface area contributed by atoms with Crippen LogP contribution in [0, 0.1) is 0 Å². The highest BCUT2D eigenvalue weighted by Crippen LogP contribution is 2.25. The van der Waals surface area contributed by atoms with E-state index in [1.165, 1.54) is 11.8 Å². The Balaban J connectivity index is 1.41. The largest absolute Gasteiger partial charge is 0.497 e. The van der Waals surface area contributed by atoms with Gasteiger partial charge in [-0.1, -0.05) is 18.2 Å². The summed E-state index contributed by atoms with van der Waals surface area (Å²) in [5, 5.41) is 2.77. The number of carbonyl (C=O) groups excluding carboxylic acids is 2. The highest BCUT2D eigenvalue weighted by Gasteiger charge is 2.20. The molecule has 3 rings (SSSR count). The van der Waals surface area contributed by atoms with Crippen molar-refractivity contribution in [3.63, 3.8) is 0 Å². The molecule has 7 nitrogen and oxygen atoms in total. The van der Waals surface area contributed by atoms with Crippen LogP contribution in [-0.4, -0.2) is 63.7 Å². The Labute approximate surface area is 183 Å². The van der Waals surface area contributed by atoms with Gasteiger partial charge in [0.15, 0.2) is 0 Å². The Morgan fingerprint density at radius 2 is 1.74 bits per heavy atom. The first-order valence-electron chi connectivity index (χ1n) is 10.4. The molecule has 0 unspecified atom stereocenters. The molecule has 0 spiro atoms. The molecule has 2 aromatic carbocycles. The molecule has 164 valence electrons. The Morgan fingerprint density at radius 1 is 1.00 bits per heavy atom. The van der Waals surface area contributed by atoms with E-state index in [4.69, 9.17) is 9.47 Å². The first kappa shape index (κ1) is 22.2. The number of methoxy groups -OCH3 is 2. The van der Waals surface area contributed by atoms with Crippen molar-refractivity contribution in [1.29, 1.82) is 0 Å². The van der Waals surface area contributed by atoms with E-state index in [0.717, 1.165) is 18.7 Å². The van der Waals surface area contributed by atoms with E-state index in [9.17, 15) is 9.59 Å². The van der Waals surface area contributed by atoms with Gasteiger partial charge in [-0.2, -0.15) is 0 Å². The lowest BCUT2D eigenvalue weighted by atomic mass is 10.1. The normalized spacial score (nSPS) is 13.9. The van der Waals surface area contributed by atoms with Gasteiger partial charge in [0, 0.05) is 56.5 Å². The van der Waals surface area contributed by atoms with E-state index in [0.29, 0.717) is 31.1 Å². The summed E-state index contributed by atoms with van der Waals surface area (Å²) in [5.41, 5.74) is 1.92. The zero-order chi connectivity index (χ0) is 22.1. The van der Waals surface area contributed by atoms with Crippen LogP contribution in [0.25, 0.3) is 6.08 Å². The van der Waals surface area contributed by atoms with Gasteiger partial charge in [0.1, 0.15) is 11.5 Å². The van der Waals surface area contributed by atoms with Gasteiger partial charge in [0.25, 0.3) is 0 Å². The van der Waals surface area contributed by atoms with Crippen molar-refractivity contribution in [1.82, 2.24) is 10.2 Å². The number of amides is 2. The van der Waals surface area contributed by atoms with E-state index in [1.54, 1.807) is 38.5 Å². The minimum atomic E-state index is -0.258. The number of anilines is 1. The fourth-order valence-corrected chi connectivity index (χ4v) is 3.50. The van der Waals surface area contributed by atoms with Gasteiger partial charge < -0.3 is 24.6 Å². The highest BCUT2D eigenvalue weighted by atomic mass is 16.5. The van der Waals surface area contributed by atoms with Crippen molar-refractivity contribution >= 4 is 23.6 Å². The Bertz CT molecular complexity index is 906. The van der Waals surface area contributed by atoms with E-state index < -0.39 is 0 Å². The quantitative estimate of drug-likeness (QED) is 0.661. The van der Waals surface area contributed by atoms with Crippen molar-refractivity contribution in [2.75, 3.05) is 51.8 Å². The lowest BCUT2D eigenvalue weighted by molar-refractivity contribution is -0.131. The van der Waals surface area contributed by atoms with E-state index in [1.807, 2.05) is 23.1 Å². The van der Waals surface area contributed by atoms with Crippen molar-refractivity contribution in [2.24, 2.45) is 0 Å². The number of nitrogens with one attached hydrogen (secondary N) is 1. The van der Waals surface area contributed by atoms with E-state index in [2.05, 4.69) is 22.3 Å². The second-order valence-corrected chi connectivity index (χ2v) is 7.19. The second-order valence-electron chi connectivity index (χ2n) is 7.19. The molecule has 1 heterocycles. The molecule has 31 heavy (non-hydrogen) atoms. The van der Waals surface area contributed by atoms with Crippen LogP contribution in [0.2, 0.25) is 0 Å². The van der Waals surface area contributed by atoms with E-state index in [-0.39, 0.29) is 18.2 Å². The summed E-state index contributed by atoms with van der Waals surface area (Å²) in [6, 6.07) is 15.6. The van der Waals surface area contributed by atoms with Gasteiger partial charge >= 0.3 is 0 Å². The molecular weight excluding hydrogens is 394 g/mol. The smallest absolute Gasteiger partial charge is 0.244 e. The monoisotopic (exact) mass is 423 g/mol. The SMILES string of the molecule is COc1ccc(OC)c(/C=C/C(=O)NCCC(=O)N2CCN(c3ccccc3)CC2)c1. The van der Waals surface area contributed by atoms with E-state index >= 15 is 0 Å². The number of piperazine rings is 1. The van der Waals surface area contributed by atoms with Crippen molar-refractivity contribution in [2.45, 2.75) is 6.42 Å². The number of ether oxygens (including phenoxy) is 2. The first-order valence-corrected chi connectivity index (χ1v) is 10.4. The van der Waals surface area contributed by atoms with Gasteiger partial charge in [0.05, 0.1) is 14.2 Å². The average molecular weight is 424 g/mol. The van der Waals surface area contributed by atoms with Crippen LogP contribution in [0.4, 0.5) is 5.69 Å². The van der Waals surface area contributed by atoms with Gasteiger partial charge in [-0.15, -0.1) is 0 Å². The van der Waals surface area contributed by atoms with Crippen LogP contribution in [0.5, 0.6) is 11.5 Å². The molecule has 0 saturated carbocycles. The summed E-state index contributed by atoms with van der Waals surface area (Å²) in [7, 11) is 3.16. The van der Waals surface area contributed by atoms with Crippen LogP contribution >= 0.6 is 0 Å². The summed E-state index contributed by atoms with van der Waals surface area (Å²) in [6.07, 6.45) is 3.38. The Morgan fingerprint density at radius 3 is 2.42 bits per heavy atom. The number of hydrogen-bond donors (Lipinski definition) is 1. The van der Waals surface area contributed by atoms with Crippen molar-refractivity contribution in [3.8, 4) is 11.5 Å². The molecule has 2 aromatic rings. The maximum absolute atomic E-state index is 12.5. The van der Waals surface area contributed by atoms with Crippen LogP contribution in [0.3, 0.4) is 0 Å². The van der Waals surface area contributed by atoms with Gasteiger partial charge in [-0.25, -0.2) is 0 Å². The van der Waals surface area contributed by atoms with Gasteiger partial charge in [-0.3, -0.25) is 9.59 Å². The number of nitrogens with zero attached hydrogens (tertiary/aromatic N) is 2. The molecule has 0 atom stereocenters. The maximum Gasteiger partial charge on any atom is 0.244 e. The topological polar surface area (TPSA) is 71.1 Å². The number of rotatable bonds is 8. The van der Waals surface area contributed by atoms with Crippen LogP contribution < -0.4 is 19.7 Å². The van der Waals surface area contributed by atoms with Crippen LogP contribution in [0.1, 0.15) is 12.0 Å². The van der Waals surface area contributed by atoms with Crippen LogP contribution in [-0.2, 0) is 9.59 Å². The molecule has 0 radical (unpaired) electrons. The lowest BCUT2D eigenvalue weighted by Gasteiger charge is -2.36. The fraction of sp³-hybridized carbons (Fsp3) is 0.333. The number of benzene rings is 2. The van der Waals surface area contributed by atoms with Gasteiger partial charge in [0.2, 0.25) is 11.8 Å². The molecule has 0 aliphatic carbocycles. The molecule has 0 aromatic heterocycles. The number of carbonyl (C=O) groups is 2. The van der Waals surface area contributed by atoms with Crippen LogP contribution in [0.15, 0.2) is 54.6 Å². The zero-order valence-electron chi connectivity index (χ0n) is 18.0. The first-order chi connectivity index (χ1) is 15.1. The molecule has 1 aliphatic heterocycles. The summed E-state index contributed by atoms with van der Waals surface area (Å²) < 4.78 is 10.5. The molecule has 1 saturated heterocycles. The molecule has 1 N–H and O–H groups in total. The predicted molar refractivity (Wildman–Crippen MR) is 121 cm³/mol. The minimum Gasteiger partial charge on any atom is -0.497 e. The molecule has 7 heteroatoms. The summed E-state index contributed by atoms with van der Waals surface area (Å²) in [6.45, 7) is 3.31. The third-order valence-electron chi connectivity index (χ3n) is 5.24. The molecule has 0 bridgehead atoms. The fourth-order valence-electron chi connectivity index (χ4n) is 3.50. The maximum atomic E-state index is 12.5. The molecule has 2 amide bonds. The highest BCUT2D eigenvalue weighted by molar-refractivity contribution is 5.92. The standard InChI is InChI=1S/C24H29N3O4/c1-30-21-9-10-22(31-2)19(18-21)8-11-23(28)25-13-12-24(29)27-16-14-26(15-17-27)20-6-4-3-5-7-20/h3-11,18H,12-17H2,1-2H3,(H,25,28)/b11-8+. The zero-order valence-corrected chi connectivity index (χ0v) is 18.0. The van der Waals surface area contributed by atoms with Crippen molar-refractivity contribution < 1.29 is 19.1 Å². The summed E-state index contributed by atoms with van der Waals surface area (Å²) in [5.74, 6) is 1.13. The predicted octanol–water partition coefficient (Wildman–Crippen LogP) is 2.57. The molecular formula is C24H29N3O4. The molecule has 1 fully saturated rings. The van der Waals surface area contributed by atoms with Crippen molar-refractivity contribution in [3.05, 3.63) is 60.2 Å². The average Bonchev–Trinajstić information content (AvgIpc) is 2.83.